The van der Waals surface area contributed by atoms with Crippen LogP contribution in [0.4, 0.5) is 11.4 Å². The number of aromatic nitrogens is 1. The molecule has 0 aliphatic carbocycles. The number of nitrogens with one attached hydrogen (secondary N) is 1. The number of rotatable bonds is 2. The van der Waals surface area contributed by atoms with E-state index in [0.29, 0.717) is 6.54 Å². The summed E-state index contributed by atoms with van der Waals surface area (Å²) in [4.78, 5) is 28.5. The van der Waals surface area contributed by atoms with Gasteiger partial charge in [0.25, 0.3) is 0 Å². The van der Waals surface area contributed by atoms with Crippen LogP contribution in [0.2, 0.25) is 0 Å². The van der Waals surface area contributed by atoms with Gasteiger partial charge in [-0.3, -0.25) is 9.59 Å². The van der Waals surface area contributed by atoms with Crippen LogP contribution in [-0.2, 0) is 16.1 Å². The van der Waals surface area contributed by atoms with Crippen molar-refractivity contribution >= 4 is 23.2 Å². The second kappa shape index (κ2) is 5.70. The average molecular weight is 324 g/mol. The van der Waals surface area contributed by atoms with Gasteiger partial charge >= 0.3 is 0 Å². The van der Waals surface area contributed by atoms with Crippen molar-refractivity contribution in [3.63, 3.8) is 0 Å². The van der Waals surface area contributed by atoms with Crippen molar-refractivity contribution in [2.45, 2.75) is 19.5 Å². The minimum Gasteiger partial charge on any atom is -0.351 e. The molecular weight excluding hydrogens is 304 g/mol. The Morgan fingerprint density at radius 2 is 2.04 bits per heavy atom. The monoisotopic (exact) mass is 324 g/mol. The van der Waals surface area contributed by atoms with Crippen molar-refractivity contribution in [3.05, 3.63) is 48.3 Å². The quantitative estimate of drug-likeness (QED) is 0.917. The Labute approximate surface area is 140 Å². The number of hydrogen-bond acceptors (Lipinski definition) is 3. The van der Waals surface area contributed by atoms with Crippen LogP contribution >= 0.6 is 0 Å². The average Bonchev–Trinajstić information content (AvgIpc) is 3.04. The molecule has 4 rings (SSSR count). The Kier molecular flexibility index (Phi) is 3.52. The van der Waals surface area contributed by atoms with Gasteiger partial charge in [-0.2, -0.15) is 0 Å². The third kappa shape index (κ3) is 2.44. The van der Waals surface area contributed by atoms with Gasteiger partial charge in [-0.1, -0.05) is 12.1 Å². The number of hydrogen-bond donors (Lipinski definition) is 1. The van der Waals surface area contributed by atoms with Gasteiger partial charge in [0, 0.05) is 25.0 Å². The highest BCUT2D eigenvalue weighted by molar-refractivity contribution is 6.02. The summed E-state index contributed by atoms with van der Waals surface area (Å²) in [7, 11) is 0. The normalized spacial score (nSPS) is 19.5. The van der Waals surface area contributed by atoms with Gasteiger partial charge < -0.3 is 19.7 Å². The second-order valence-electron chi connectivity index (χ2n) is 6.31. The number of carbonyl (C=O) groups excluding carboxylic acids is 2. The van der Waals surface area contributed by atoms with E-state index in [2.05, 4.69) is 29.1 Å². The molecule has 1 N–H and O–H groups in total. The summed E-state index contributed by atoms with van der Waals surface area (Å²) in [6.07, 6.45) is 2.05. The van der Waals surface area contributed by atoms with E-state index in [9.17, 15) is 9.59 Å². The molecule has 3 heterocycles. The first-order valence-corrected chi connectivity index (χ1v) is 8.22. The van der Waals surface area contributed by atoms with E-state index in [1.54, 1.807) is 0 Å². The highest BCUT2D eigenvalue weighted by Crippen LogP contribution is 2.30. The maximum absolute atomic E-state index is 12.9. The Bertz CT molecular complexity index is 798. The zero-order valence-electron chi connectivity index (χ0n) is 13.6. The maximum atomic E-state index is 12.9. The summed E-state index contributed by atoms with van der Waals surface area (Å²) in [5.41, 5.74) is 2.83. The fourth-order valence-corrected chi connectivity index (χ4v) is 3.62. The highest BCUT2D eigenvalue weighted by atomic mass is 16.2. The van der Waals surface area contributed by atoms with E-state index < -0.39 is 0 Å². The van der Waals surface area contributed by atoms with Crippen molar-refractivity contribution in [2.24, 2.45) is 0 Å². The van der Waals surface area contributed by atoms with Gasteiger partial charge in [-0.25, -0.2) is 0 Å². The van der Waals surface area contributed by atoms with Crippen molar-refractivity contribution in [1.82, 2.24) is 9.47 Å². The second-order valence-corrected chi connectivity index (χ2v) is 6.31. The standard InChI is InChI=1S/C18H20N4O2/c1-13-15-7-4-8-20(15)9-10-22(13)18(24)12-21-11-17(23)19-14-5-2-3-6-16(14)21/h2-8,13H,9-12H2,1H3,(H,19,23). The molecule has 0 spiro atoms. The van der Waals surface area contributed by atoms with Gasteiger partial charge in [-0.05, 0) is 31.2 Å². The van der Waals surface area contributed by atoms with Crippen molar-refractivity contribution in [1.29, 1.82) is 0 Å². The predicted molar refractivity (Wildman–Crippen MR) is 91.8 cm³/mol. The lowest BCUT2D eigenvalue weighted by molar-refractivity contribution is -0.132. The molecule has 0 bridgehead atoms. The smallest absolute Gasteiger partial charge is 0.243 e. The van der Waals surface area contributed by atoms with Crippen LogP contribution < -0.4 is 10.2 Å². The number of nitrogens with zero attached hydrogens (tertiary/aromatic N) is 3. The van der Waals surface area contributed by atoms with Gasteiger partial charge in [0.1, 0.15) is 0 Å². The Hall–Kier alpha value is -2.76. The lowest BCUT2D eigenvalue weighted by atomic mass is 10.1. The SMILES string of the molecule is CC1c2cccn2CCN1C(=O)CN1CC(=O)Nc2ccccc21. The molecule has 124 valence electrons. The molecule has 1 aromatic heterocycles. The lowest BCUT2D eigenvalue weighted by Gasteiger charge is -2.37. The topological polar surface area (TPSA) is 57.6 Å². The molecule has 24 heavy (non-hydrogen) atoms. The lowest BCUT2D eigenvalue weighted by Crippen LogP contribution is -2.48. The van der Waals surface area contributed by atoms with Crippen LogP contribution in [-0.4, -0.2) is 40.9 Å². The number of para-hydroxylation sites is 2. The van der Waals surface area contributed by atoms with Gasteiger partial charge in [0.2, 0.25) is 11.8 Å². The van der Waals surface area contributed by atoms with E-state index in [1.807, 2.05) is 40.1 Å². The summed E-state index contributed by atoms with van der Waals surface area (Å²) in [6.45, 7) is 4.00. The fourth-order valence-electron chi connectivity index (χ4n) is 3.62. The number of amides is 2. The molecular formula is C18H20N4O2. The van der Waals surface area contributed by atoms with Crippen molar-refractivity contribution in [3.8, 4) is 0 Å². The van der Waals surface area contributed by atoms with E-state index in [4.69, 9.17) is 0 Å². The highest BCUT2D eigenvalue weighted by Gasteiger charge is 2.30. The van der Waals surface area contributed by atoms with Crippen molar-refractivity contribution < 1.29 is 9.59 Å². The van der Waals surface area contributed by atoms with Crippen LogP contribution in [0.1, 0.15) is 18.7 Å². The fraction of sp³-hybridized carbons (Fsp3) is 0.333. The van der Waals surface area contributed by atoms with E-state index in [1.165, 1.54) is 0 Å². The number of carbonyl (C=O) groups is 2. The molecule has 6 heteroatoms. The Morgan fingerprint density at radius 1 is 1.21 bits per heavy atom. The molecule has 0 saturated carbocycles. The van der Waals surface area contributed by atoms with Crippen LogP contribution in [0.5, 0.6) is 0 Å². The molecule has 0 fully saturated rings. The van der Waals surface area contributed by atoms with Gasteiger partial charge in [-0.15, -0.1) is 0 Å². The third-order valence-electron chi connectivity index (χ3n) is 4.84. The molecule has 2 aromatic rings. The third-order valence-corrected chi connectivity index (χ3v) is 4.84. The molecule has 1 unspecified atom stereocenters. The van der Waals surface area contributed by atoms with Crippen LogP contribution in [0.25, 0.3) is 0 Å². The van der Waals surface area contributed by atoms with Gasteiger partial charge in [0.15, 0.2) is 0 Å². The molecule has 6 nitrogen and oxygen atoms in total. The van der Waals surface area contributed by atoms with E-state index >= 15 is 0 Å². The van der Waals surface area contributed by atoms with Crippen molar-refractivity contribution in [2.75, 3.05) is 29.9 Å². The molecule has 2 aliphatic rings. The molecule has 2 aliphatic heterocycles. The molecule has 1 aromatic carbocycles. The van der Waals surface area contributed by atoms with Crippen LogP contribution in [0.15, 0.2) is 42.6 Å². The number of benzene rings is 1. The Morgan fingerprint density at radius 3 is 2.92 bits per heavy atom. The summed E-state index contributed by atoms with van der Waals surface area (Å²) in [6, 6.07) is 11.7. The number of anilines is 2. The zero-order valence-corrected chi connectivity index (χ0v) is 13.6. The molecule has 0 radical (unpaired) electrons. The molecule has 1 atom stereocenters. The first-order valence-electron chi connectivity index (χ1n) is 8.22. The maximum Gasteiger partial charge on any atom is 0.243 e. The predicted octanol–water partition coefficient (Wildman–Crippen LogP) is 1.85. The van der Waals surface area contributed by atoms with E-state index in [0.717, 1.165) is 23.6 Å². The summed E-state index contributed by atoms with van der Waals surface area (Å²) < 4.78 is 2.19. The minimum atomic E-state index is -0.0814. The minimum absolute atomic E-state index is 0.0510. The Balaban J connectivity index is 1.54. The summed E-state index contributed by atoms with van der Waals surface area (Å²) >= 11 is 0. The largest absolute Gasteiger partial charge is 0.351 e. The van der Waals surface area contributed by atoms with Crippen LogP contribution in [0.3, 0.4) is 0 Å². The molecule has 2 amide bonds. The molecule has 0 saturated heterocycles. The number of fused-ring (bicyclic) bond motifs is 2. The van der Waals surface area contributed by atoms with Crippen LogP contribution in [0, 0.1) is 0 Å². The first-order chi connectivity index (χ1) is 11.6. The van der Waals surface area contributed by atoms with Gasteiger partial charge in [0.05, 0.1) is 30.5 Å². The first kappa shape index (κ1) is 14.8. The van der Waals surface area contributed by atoms with E-state index in [-0.39, 0.29) is 30.9 Å². The summed E-state index contributed by atoms with van der Waals surface area (Å²) in [5, 5.41) is 2.85. The zero-order chi connectivity index (χ0) is 16.7. The summed E-state index contributed by atoms with van der Waals surface area (Å²) in [5.74, 6) is -0.0264.